The topological polar surface area (TPSA) is 20.3 Å². The lowest BCUT2D eigenvalue weighted by atomic mass is 10.1. The molecular formula is C7H11NO. The molecule has 0 bridgehead atoms. The van der Waals surface area contributed by atoms with Crippen molar-refractivity contribution in [2.75, 3.05) is 7.05 Å². The van der Waals surface area contributed by atoms with E-state index in [4.69, 9.17) is 0 Å². The number of nitrogens with zero attached hydrogens (tertiary/aromatic N) is 1. The van der Waals surface area contributed by atoms with Crippen molar-refractivity contribution in [1.29, 1.82) is 0 Å². The lowest BCUT2D eigenvalue weighted by molar-refractivity contribution is -0.128. The monoisotopic (exact) mass is 125 g/mol. The van der Waals surface area contributed by atoms with E-state index in [2.05, 4.69) is 0 Å². The number of rotatable bonds is 0. The summed E-state index contributed by atoms with van der Waals surface area (Å²) in [6, 6.07) is 0. The van der Waals surface area contributed by atoms with Gasteiger partial charge in [-0.25, -0.2) is 0 Å². The molecule has 0 radical (unpaired) electrons. The second kappa shape index (κ2) is 2.21. The molecule has 1 aliphatic heterocycles. The second-order valence-corrected chi connectivity index (χ2v) is 2.53. The summed E-state index contributed by atoms with van der Waals surface area (Å²) in [5, 5.41) is 0. The van der Waals surface area contributed by atoms with E-state index >= 15 is 0 Å². The van der Waals surface area contributed by atoms with Crippen LogP contribution in [-0.4, -0.2) is 17.9 Å². The molecule has 1 unspecified atom stereocenters. The Kier molecular flexibility index (Phi) is 1.56. The van der Waals surface area contributed by atoms with Gasteiger partial charge in [-0.05, 0) is 5.92 Å². The van der Waals surface area contributed by atoms with Gasteiger partial charge in [-0.2, -0.15) is 0 Å². The van der Waals surface area contributed by atoms with Crippen molar-refractivity contribution < 1.29 is 4.79 Å². The molecule has 2 nitrogen and oxygen atoms in total. The van der Waals surface area contributed by atoms with Gasteiger partial charge >= 0.3 is 0 Å². The molecule has 0 spiro atoms. The van der Waals surface area contributed by atoms with E-state index < -0.39 is 0 Å². The highest BCUT2D eigenvalue weighted by atomic mass is 16.2. The SMILES string of the molecule is CC1C=CN(C)C(=O)C1. The van der Waals surface area contributed by atoms with Gasteiger partial charge in [0.05, 0.1) is 0 Å². The highest BCUT2D eigenvalue weighted by molar-refractivity contribution is 5.78. The Morgan fingerprint density at radius 2 is 2.44 bits per heavy atom. The van der Waals surface area contributed by atoms with Gasteiger partial charge in [0.2, 0.25) is 5.91 Å². The maximum Gasteiger partial charge on any atom is 0.226 e. The zero-order valence-corrected chi connectivity index (χ0v) is 5.79. The standard InChI is InChI=1S/C7H11NO/c1-6-3-4-8(2)7(9)5-6/h3-4,6H,5H2,1-2H3. The quantitative estimate of drug-likeness (QED) is 0.473. The maximum absolute atomic E-state index is 10.9. The first-order chi connectivity index (χ1) is 4.20. The van der Waals surface area contributed by atoms with Crippen LogP contribution in [-0.2, 0) is 4.79 Å². The van der Waals surface area contributed by atoms with Crippen LogP contribution < -0.4 is 0 Å². The van der Waals surface area contributed by atoms with Crippen molar-refractivity contribution in [3.8, 4) is 0 Å². The summed E-state index contributed by atoms with van der Waals surface area (Å²) in [4.78, 5) is 12.5. The van der Waals surface area contributed by atoms with Crippen LogP contribution in [0.25, 0.3) is 0 Å². The van der Waals surface area contributed by atoms with Crippen molar-refractivity contribution in [3.05, 3.63) is 12.3 Å². The van der Waals surface area contributed by atoms with Crippen molar-refractivity contribution in [2.45, 2.75) is 13.3 Å². The first kappa shape index (κ1) is 6.33. The van der Waals surface area contributed by atoms with E-state index in [1.165, 1.54) is 0 Å². The molecule has 1 rings (SSSR count). The molecule has 2 heteroatoms. The fourth-order valence-corrected chi connectivity index (χ4v) is 0.847. The molecule has 1 aliphatic rings. The van der Waals surface area contributed by atoms with E-state index in [1.807, 2.05) is 19.2 Å². The number of hydrogen-bond donors (Lipinski definition) is 0. The first-order valence-corrected chi connectivity index (χ1v) is 3.14. The Morgan fingerprint density at radius 1 is 1.78 bits per heavy atom. The minimum atomic E-state index is 0.213. The van der Waals surface area contributed by atoms with Gasteiger partial charge in [0, 0.05) is 19.7 Å². The smallest absolute Gasteiger partial charge is 0.226 e. The van der Waals surface area contributed by atoms with Crippen molar-refractivity contribution in [3.63, 3.8) is 0 Å². The molecule has 0 aromatic heterocycles. The predicted molar refractivity (Wildman–Crippen MR) is 35.7 cm³/mol. The molecule has 0 aromatic rings. The van der Waals surface area contributed by atoms with Crippen molar-refractivity contribution >= 4 is 5.91 Å². The largest absolute Gasteiger partial charge is 0.322 e. The van der Waals surface area contributed by atoms with Crippen LogP contribution in [0, 0.1) is 5.92 Å². The second-order valence-electron chi connectivity index (χ2n) is 2.53. The molecule has 9 heavy (non-hydrogen) atoms. The Bertz CT molecular complexity index is 151. The third-order valence-corrected chi connectivity index (χ3v) is 1.53. The maximum atomic E-state index is 10.9. The summed E-state index contributed by atoms with van der Waals surface area (Å²) >= 11 is 0. The van der Waals surface area contributed by atoms with Gasteiger partial charge in [0.25, 0.3) is 0 Å². The molecule has 0 aromatic carbocycles. The van der Waals surface area contributed by atoms with Crippen LogP contribution in [0.3, 0.4) is 0 Å². The minimum Gasteiger partial charge on any atom is -0.322 e. The summed E-state index contributed by atoms with van der Waals surface area (Å²) in [6.45, 7) is 2.04. The van der Waals surface area contributed by atoms with Crippen LogP contribution >= 0.6 is 0 Å². The lowest BCUT2D eigenvalue weighted by Gasteiger charge is -2.19. The molecule has 0 fully saturated rings. The zero-order chi connectivity index (χ0) is 6.85. The third kappa shape index (κ3) is 1.31. The summed E-state index contributed by atoms with van der Waals surface area (Å²) < 4.78 is 0. The summed E-state index contributed by atoms with van der Waals surface area (Å²) in [7, 11) is 1.78. The van der Waals surface area contributed by atoms with Crippen LogP contribution in [0.2, 0.25) is 0 Å². The van der Waals surface area contributed by atoms with E-state index in [0.717, 1.165) is 0 Å². The number of hydrogen-bond acceptors (Lipinski definition) is 1. The Hall–Kier alpha value is -0.790. The molecular weight excluding hydrogens is 114 g/mol. The first-order valence-electron chi connectivity index (χ1n) is 3.14. The van der Waals surface area contributed by atoms with E-state index in [0.29, 0.717) is 12.3 Å². The molecule has 0 N–H and O–H groups in total. The van der Waals surface area contributed by atoms with Gasteiger partial charge in [-0.15, -0.1) is 0 Å². The highest BCUT2D eigenvalue weighted by Crippen LogP contribution is 2.11. The van der Waals surface area contributed by atoms with Crippen LogP contribution in [0.4, 0.5) is 0 Å². The van der Waals surface area contributed by atoms with Crippen molar-refractivity contribution in [2.24, 2.45) is 5.92 Å². The number of amides is 1. The average Bonchev–Trinajstić information content (AvgIpc) is 1.80. The van der Waals surface area contributed by atoms with Crippen molar-refractivity contribution in [1.82, 2.24) is 4.90 Å². The predicted octanol–water partition coefficient (Wildman–Crippen LogP) is 0.998. The minimum absolute atomic E-state index is 0.213. The van der Waals surface area contributed by atoms with Gasteiger partial charge < -0.3 is 4.90 Å². The highest BCUT2D eigenvalue weighted by Gasteiger charge is 2.13. The van der Waals surface area contributed by atoms with Gasteiger partial charge in [-0.3, -0.25) is 4.79 Å². The van der Waals surface area contributed by atoms with E-state index in [9.17, 15) is 4.79 Å². The number of carbonyl (C=O) groups is 1. The van der Waals surface area contributed by atoms with Crippen LogP contribution in [0.1, 0.15) is 13.3 Å². The third-order valence-electron chi connectivity index (χ3n) is 1.53. The molecule has 50 valence electrons. The Balaban J connectivity index is 2.65. The summed E-state index contributed by atoms with van der Waals surface area (Å²) in [6.07, 6.45) is 4.53. The molecule has 1 atom stereocenters. The van der Waals surface area contributed by atoms with Gasteiger partial charge in [0.15, 0.2) is 0 Å². The molecule has 0 aliphatic carbocycles. The Morgan fingerprint density at radius 3 is 2.89 bits per heavy atom. The number of carbonyl (C=O) groups excluding carboxylic acids is 1. The summed E-state index contributed by atoms with van der Waals surface area (Å²) in [5.74, 6) is 0.638. The van der Waals surface area contributed by atoms with Crippen LogP contribution in [0.15, 0.2) is 12.3 Å². The van der Waals surface area contributed by atoms with E-state index in [1.54, 1.807) is 11.9 Å². The Labute approximate surface area is 55.2 Å². The number of allylic oxidation sites excluding steroid dienone is 1. The lowest BCUT2D eigenvalue weighted by Crippen LogP contribution is -2.25. The summed E-state index contributed by atoms with van der Waals surface area (Å²) in [5.41, 5.74) is 0. The fourth-order valence-electron chi connectivity index (χ4n) is 0.847. The van der Waals surface area contributed by atoms with Crippen LogP contribution in [0.5, 0.6) is 0 Å². The normalized spacial score (nSPS) is 27.1. The van der Waals surface area contributed by atoms with Gasteiger partial charge in [0.1, 0.15) is 0 Å². The molecule has 0 saturated carbocycles. The average molecular weight is 125 g/mol. The van der Waals surface area contributed by atoms with E-state index in [-0.39, 0.29) is 5.91 Å². The fraction of sp³-hybridized carbons (Fsp3) is 0.571. The zero-order valence-electron chi connectivity index (χ0n) is 5.79. The molecule has 1 heterocycles. The molecule has 0 saturated heterocycles. The van der Waals surface area contributed by atoms with Gasteiger partial charge in [-0.1, -0.05) is 13.0 Å². The molecule has 1 amide bonds.